The second kappa shape index (κ2) is 15.9. The fraction of sp³-hybridized carbons (Fsp3) is 0.442. The number of amides is 2. The van der Waals surface area contributed by atoms with E-state index < -0.39 is 29.5 Å². The Balaban J connectivity index is 1.40. The molecular weight excluding hydrogens is 714 g/mol. The number of urea groups is 1. The number of aliphatic hydroxyl groups excluding tert-OH is 1. The normalized spacial score (nSPS) is 23.5. The molecule has 3 N–H and O–H groups in total. The molecule has 2 amide bonds. The summed E-state index contributed by atoms with van der Waals surface area (Å²) in [6, 6.07) is 20.5. The van der Waals surface area contributed by atoms with Crippen LogP contribution in [0.15, 0.2) is 84.4 Å². The molecule has 1 aromatic heterocycles. The quantitative estimate of drug-likeness (QED) is 0.123. The molecule has 0 radical (unpaired) electrons. The third-order valence-corrected chi connectivity index (χ3v) is 12.4. The number of carbonyl (C=O) groups excluding carboxylic acids is 2. The predicted molar refractivity (Wildman–Crippen MR) is 206 cm³/mol. The zero-order chi connectivity index (χ0) is 38.8. The highest BCUT2D eigenvalue weighted by atomic mass is 32.1. The van der Waals surface area contributed by atoms with Gasteiger partial charge in [0, 0.05) is 28.3 Å². The summed E-state index contributed by atoms with van der Waals surface area (Å²) in [5, 5.41) is 27.9. The summed E-state index contributed by atoms with van der Waals surface area (Å²) in [6.07, 6.45) is 0.616. The lowest BCUT2D eigenvalue weighted by molar-refractivity contribution is -0.274. The molecule has 4 atom stereocenters. The van der Waals surface area contributed by atoms with Crippen molar-refractivity contribution in [3.05, 3.63) is 112 Å². The van der Waals surface area contributed by atoms with Crippen molar-refractivity contribution in [2.75, 3.05) is 6.54 Å². The van der Waals surface area contributed by atoms with Gasteiger partial charge < -0.3 is 25.2 Å². The van der Waals surface area contributed by atoms with Crippen molar-refractivity contribution in [2.45, 2.75) is 109 Å². The number of aliphatic hydroxyl groups is 2. The fourth-order valence-corrected chi connectivity index (χ4v) is 9.31. The molecule has 54 heavy (non-hydrogen) atoms. The second-order valence-electron chi connectivity index (χ2n) is 15.6. The molecule has 288 valence electrons. The van der Waals surface area contributed by atoms with Gasteiger partial charge in [0.2, 0.25) is 5.78 Å². The first-order chi connectivity index (χ1) is 25.5. The van der Waals surface area contributed by atoms with E-state index in [0.29, 0.717) is 60.9 Å². The van der Waals surface area contributed by atoms with Crippen LogP contribution in [0.1, 0.15) is 104 Å². The van der Waals surface area contributed by atoms with Gasteiger partial charge >= 0.3 is 12.4 Å². The lowest BCUT2D eigenvalue weighted by Crippen LogP contribution is -2.55. The van der Waals surface area contributed by atoms with Crippen molar-refractivity contribution in [1.82, 2.24) is 10.2 Å². The Morgan fingerprint density at radius 2 is 1.78 bits per heavy atom. The minimum Gasteiger partial charge on any atom is -0.406 e. The maximum atomic E-state index is 14.6. The van der Waals surface area contributed by atoms with E-state index in [1.54, 1.807) is 0 Å². The number of benzene rings is 3. The topological polar surface area (TPSA) is 99.1 Å². The summed E-state index contributed by atoms with van der Waals surface area (Å²) in [4.78, 5) is 30.5. The monoisotopic (exact) mass is 762 g/mol. The van der Waals surface area contributed by atoms with Crippen molar-refractivity contribution >= 4 is 33.2 Å². The lowest BCUT2D eigenvalue weighted by atomic mass is 9.64. The van der Waals surface area contributed by atoms with Gasteiger partial charge in [-0.1, -0.05) is 61.0 Å². The van der Waals surface area contributed by atoms with Crippen LogP contribution in [-0.4, -0.2) is 57.6 Å². The molecule has 0 saturated heterocycles. The number of ketones is 1. The maximum absolute atomic E-state index is 14.6. The Morgan fingerprint density at radius 1 is 1.04 bits per heavy atom. The minimum absolute atomic E-state index is 0.0358. The van der Waals surface area contributed by atoms with Gasteiger partial charge in [0.05, 0.1) is 23.1 Å². The van der Waals surface area contributed by atoms with Crippen molar-refractivity contribution in [2.24, 2.45) is 5.41 Å². The molecular formula is C43H49F3N2O5S. The van der Waals surface area contributed by atoms with E-state index in [4.69, 9.17) is 0 Å². The number of halogens is 3. The number of ether oxygens (including phenoxy) is 1. The largest absolute Gasteiger partial charge is 0.573 e. The number of hydrogen-bond donors (Lipinski definition) is 3. The zero-order valence-electron chi connectivity index (χ0n) is 31.2. The fourth-order valence-electron chi connectivity index (χ4n) is 8.29. The standard InChI is InChI=1S/C43H49F3N2O5S/c1-27(2)47-40(51)48(25-29-12-16-33(17-13-29)53-43(44,45)46)26-42(52)21-19-36-34-18-14-30(22-32(49)15-11-28(3)8-7-20-41(36,42)4)23-35(34)39(50)38-24-31-9-5-6-10-37(31)54-38/h5-6,8-10,12-14,16-18,23-24,27,32,36,49,52H,7,11,15,19-22,25-26H2,1-4H3,(H,47,51)/t32-,36-,41-,42+/m0/s1. The Bertz CT molecular complexity index is 1970. The highest BCUT2D eigenvalue weighted by Crippen LogP contribution is 2.59. The van der Waals surface area contributed by atoms with Crippen LogP contribution in [0.3, 0.4) is 0 Å². The van der Waals surface area contributed by atoms with Gasteiger partial charge in [0.1, 0.15) is 5.75 Å². The van der Waals surface area contributed by atoms with Crippen molar-refractivity contribution in [3.8, 4) is 5.75 Å². The van der Waals surface area contributed by atoms with Crippen LogP contribution < -0.4 is 10.1 Å². The van der Waals surface area contributed by atoms with E-state index in [2.05, 4.69) is 30.0 Å². The number of nitrogens with one attached hydrogen (secondary N) is 1. The third kappa shape index (κ3) is 8.85. The van der Waals surface area contributed by atoms with Crippen LogP contribution in [0, 0.1) is 5.41 Å². The molecule has 7 rings (SSSR count). The first kappa shape index (κ1) is 39.5. The number of nitrogens with zero attached hydrogens (tertiary/aromatic N) is 1. The molecule has 1 heterocycles. The maximum Gasteiger partial charge on any atom is 0.573 e. The van der Waals surface area contributed by atoms with Gasteiger partial charge in [-0.3, -0.25) is 4.79 Å². The Morgan fingerprint density at radius 3 is 2.48 bits per heavy atom. The first-order valence-corrected chi connectivity index (χ1v) is 19.5. The van der Waals surface area contributed by atoms with E-state index >= 15 is 0 Å². The van der Waals surface area contributed by atoms with Gasteiger partial charge in [-0.15, -0.1) is 24.5 Å². The van der Waals surface area contributed by atoms with Gasteiger partial charge in [0.25, 0.3) is 0 Å². The van der Waals surface area contributed by atoms with E-state index in [9.17, 15) is 33.0 Å². The first-order valence-electron chi connectivity index (χ1n) is 18.7. The van der Waals surface area contributed by atoms with Crippen LogP contribution in [0.5, 0.6) is 5.75 Å². The van der Waals surface area contributed by atoms with Crippen LogP contribution in [-0.2, 0) is 13.0 Å². The minimum atomic E-state index is -4.83. The summed E-state index contributed by atoms with van der Waals surface area (Å²) >= 11 is 1.45. The van der Waals surface area contributed by atoms with Crippen LogP contribution in [0.2, 0.25) is 0 Å². The van der Waals surface area contributed by atoms with Gasteiger partial charge in [-0.2, -0.15) is 0 Å². The third-order valence-electron chi connectivity index (χ3n) is 11.2. The molecule has 3 aliphatic carbocycles. The number of hydrogen-bond acceptors (Lipinski definition) is 6. The number of alkyl halides is 3. The molecule has 4 aromatic rings. The van der Waals surface area contributed by atoms with E-state index in [1.807, 2.05) is 62.4 Å². The number of rotatable bonds is 8. The smallest absolute Gasteiger partial charge is 0.406 e. The van der Waals surface area contributed by atoms with Crippen molar-refractivity contribution in [1.29, 1.82) is 0 Å². The summed E-state index contributed by atoms with van der Waals surface area (Å²) in [5.41, 5.74) is 1.80. The van der Waals surface area contributed by atoms with E-state index in [1.165, 1.54) is 40.5 Å². The number of carbonyl (C=O) groups is 2. The molecule has 7 nitrogen and oxygen atoms in total. The SMILES string of the molecule is CC1=CCC[C@@]2(C)[C@@H](CC[C@@]2(O)CN(Cc2ccc(OC(F)(F)F)cc2)C(=O)NC(C)C)c2ccc(cc2C(=O)c2cc3ccccc3s2)C[C@@H](O)CC1. The highest BCUT2D eigenvalue weighted by molar-refractivity contribution is 7.21. The number of thiophene rings is 1. The molecule has 0 unspecified atom stereocenters. The zero-order valence-corrected chi connectivity index (χ0v) is 32.0. The molecule has 1 saturated carbocycles. The van der Waals surface area contributed by atoms with Crippen LogP contribution in [0.4, 0.5) is 18.0 Å². The van der Waals surface area contributed by atoms with Gasteiger partial charge in [-0.25, -0.2) is 4.79 Å². The molecule has 3 aromatic carbocycles. The Labute approximate surface area is 318 Å². The number of fused-ring (bicyclic) bond motifs is 9. The Hall–Kier alpha value is -4.19. The summed E-state index contributed by atoms with van der Waals surface area (Å²) in [6.45, 7) is 7.80. The lowest BCUT2D eigenvalue weighted by Gasteiger charge is -2.46. The molecule has 1 fully saturated rings. The highest BCUT2D eigenvalue weighted by Gasteiger charge is 2.57. The van der Waals surface area contributed by atoms with E-state index in [-0.39, 0.29) is 36.6 Å². The molecule has 2 bridgehead atoms. The van der Waals surface area contributed by atoms with E-state index in [0.717, 1.165) is 26.8 Å². The predicted octanol–water partition coefficient (Wildman–Crippen LogP) is 9.69. The van der Waals surface area contributed by atoms with Crippen molar-refractivity contribution < 1.29 is 37.7 Å². The van der Waals surface area contributed by atoms with Crippen molar-refractivity contribution in [3.63, 3.8) is 0 Å². The summed E-state index contributed by atoms with van der Waals surface area (Å²) in [7, 11) is 0. The molecule has 3 aliphatic rings. The van der Waals surface area contributed by atoms with Crippen LogP contribution >= 0.6 is 11.3 Å². The average Bonchev–Trinajstić information content (AvgIpc) is 3.65. The Kier molecular flexibility index (Phi) is 11.6. The summed E-state index contributed by atoms with van der Waals surface area (Å²) < 4.78 is 43.6. The molecule has 11 heteroatoms. The summed E-state index contributed by atoms with van der Waals surface area (Å²) in [5.74, 6) is -0.710. The van der Waals surface area contributed by atoms with Crippen LogP contribution in [0.25, 0.3) is 10.1 Å². The second-order valence-corrected chi connectivity index (χ2v) is 16.7. The number of allylic oxidation sites excluding steroid dienone is 2. The molecule has 0 aliphatic heterocycles. The van der Waals surface area contributed by atoms with Gasteiger partial charge in [0.15, 0.2) is 0 Å². The molecule has 0 spiro atoms. The van der Waals surface area contributed by atoms with Gasteiger partial charge in [-0.05, 0) is 124 Å². The average molecular weight is 763 g/mol.